The molecule has 1 heterocycles. The standard InChI is InChI=1S/C23H48O4Si2/c1-18-20(27-29(10,11)23(5,6)7)16-19(26-21(18)17-24)14-12-13-15-25-28(8,9)22(2,3)4/h12-13,18-21,24H,14-17H2,1-11H3/b13-12+/t18-,19+,20+,21-/m1/s1. The molecule has 1 fully saturated rings. The summed E-state index contributed by atoms with van der Waals surface area (Å²) in [4.78, 5) is 0. The molecule has 1 saturated heterocycles. The lowest BCUT2D eigenvalue weighted by molar-refractivity contribution is -0.139. The lowest BCUT2D eigenvalue weighted by Gasteiger charge is -2.46. The summed E-state index contributed by atoms with van der Waals surface area (Å²) in [7, 11) is -3.57. The van der Waals surface area contributed by atoms with E-state index in [0.717, 1.165) is 12.8 Å². The summed E-state index contributed by atoms with van der Waals surface area (Å²) in [6.45, 7) is 25.6. The third kappa shape index (κ3) is 7.58. The van der Waals surface area contributed by atoms with Crippen LogP contribution in [0.4, 0.5) is 0 Å². The van der Waals surface area contributed by atoms with Gasteiger partial charge in [-0.25, -0.2) is 0 Å². The van der Waals surface area contributed by atoms with Crippen LogP contribution in [0.1, 0.15) is 61.3 Å². The molecular formula is C23H48O4Si2. The lowest BCUT2D eigenvalue weighted by Crippen LogP contribution is -2.52. The SMILES string of the molecule is C[C@@H]1[C@@H](O[Si](C)(C)C(C)(C)C)C[C@H](C/C=C/CO[Si](C)(C)C(C)(C)C)O[C@@H]1CO. The minimum atomic E-state index is -1.86. The zero-order valence-electron chi connectivity index (χ0n) is 21.0. The van der Waals surface area contributed by atoms with Crippen LogP contribution in [0, 0.1) is 5.92 Å². The quantitative estimate of drug-likeness (QED) is 0.361. The Morgan fingerprint density at radius 3 is 2.00 bits per heavy atom. The highest BCUT2D eigenvalue weighted by atomic mass is 28.4. The molecular weight excluding hydrogens is 396 g/mol. The van der Waals surface area contributed by atoms with E-state index in [9.17, 15) is 5.11 Å². The smallest absolute Gasteiger partial charge is 0.192 e. The van der Waals surface area contributed by atoms with Crippen molar-refractivity contribution >= 4 is 16.6 Å². The van der Waals surface area contributed by atoms with Crippen molar-refractivity contribution in [3.63, 3.8) is 0 Å². The fourth-order valence-corrected chi connectivity index (χ4v) is 5.37. The van der Waals surface area contributed by atoms with Crippen molar-refractivity contribution in [3.05, 3.63) is 12.2 Å². The Balaban J connectivity index is 2.68. The zero-order chi connectivity index (χ0) is 22.7. The van der Waals surface area contributed by atoms with E-state index in [4.69, 9.17) is 13.6 Å². The second-order valence-electron chi connectivity index (χ2n) is 11.8. The molecule has 4 atom stereocenters. The van der Waals surface area contributed by atoms with Crippen molar-refractivity contribution in [1.82, 2.24) is 0 Å². The summed E-state index contributed by atoms with van der Waals surface area (Å²) < 4.78 is 19.1. The molecule has 0 aromatic rings. The normalized spacial score (nSPS) is 27.6. The summed E-state index contributed by atoms with van der Waals surface area (Å²) in [5.74, 6) is 0.205. The topological polar surface area (TPSA) is 47.9 Å². The molecule has 1 aliphatic heterocycles. The molecule has 1 rings (SSSR count). The molecule has 0 spiro atoms. The Bertz CT molecular complexity index is 532. The highest BCUT2D eigenvalue weighted by Crippen LogP contribution is 2.41. The predicted molar refractivity (Wildman–Crippen MR) is 129 cm³/mol. The highest BCUT2D eigenvalue weighted by molar-refractivity contribution is 6.74. The summed E-state index contributed by atoms with van der Waals surface area (Å²) in [6, 6.07) is 0. The lowest BCUT2D eigenvalue weighted by atomic mass is 9.89. The van der Waals surface area contributed by atoms with Gasteiger partial charge in [0.2, 0.25) is 0 Å². The number of hydrogen-bond acceptors (Lipinski definition) is 4. The minimum absolute atomic E-state index is 0.0488. The van der Waals surface area contributed by atoms with Crippen LogP contribution in [0.15, 0.2) is 12.2 Å². The van der Waals surface area contributed by atoms with E-state index in [1.54, 1.807) is 0 Å². The average molecular weight is 445 g/mol. The Kier molecular flexibility index (Phi) is 9.41. The molecule has 0 saturated carbocycles. The van der Waals surface area contributed by atoms with Gasteiger partial charge in [-0.1, -0.05) is 60.6 Å². The fraction of sp³-hybridized carbons (Fsp3) is 0.913. The van der Waals surface area contributed by atoms with Gasteiger partial charge in [0.25, 0.3) is 0 Å². The largest absolute Gasteiger partial charge is 0.413 e. The van der Waals surface area contributed by atoms with Crippen LogP contribution in [-0.2, 0) is 13.6 Å². The Morgan fingerprint density at radius 1 is 0.966 bits per heavy atom. The van der Waals surface area contributed by atoms with Crippen molar-refractivity contribution in [2.75, 3.05) is 13.2 Å². The first-order chi connectivity index (χ1) is 13.0. The average Bonchev–Trinajstić information content (AvgIpc) is 2.54. The van der Waals surface area contributed by atoms with E-state index >= 15 is 0 Å². The molecule has 4 nitrogen and oxygen atoms in total. The first-order valence-electron chi connectivity index (χ1n) is 11.2. The number of aliphatic hydroxyl groups is 1. The summed E-state index contributed by atoms with van der Waals surface area (Å²) in [5, 5.41) is 10.2. The van der Waals surface area contributed by atoms with E-state index in [-0.39, 0.29) is 40.9 Å². The number of aliphatic hydroxyl groups excluding tert-OH is 1. The number of hydrogen-bond donors (Lipinski definition) is 1. The van der Waals surface area contributed by atoms with E-state index < -0.39 is 16.6 Å². The van der Waals surface area contributed by atoms with Crippen molar-refractivity contribution in [3.8, 4) is 0 Å². The first kappa shape index (κ1) is 27.0. The molecule has 0 aliphatic carbocycles. The van der Waals surface area contributed by atoms with Crippen LogP contribution in [0.3, 0.4) is 0 Å². The van der Waals surface area contributed by atoms with Crippen molar-refractivity contribution < 1.29 is 18.7 Å². The maximum atomic E-state index is 9.83. The monoisotopic (exact) mass is 444 g/mol. The van der Waals surface area contributed by atoms with Crippen LogP contribution in [0.2, 0.25) is 36.3 Å². The third-order valence-corrected chi connectivity index (χ3v) is 16.4. The first-order valence-corrected chi connectivity index (χ1v) is 17.1. The molecule has 0 aromatic heterocycles. The van der Waals surface area contributed by atoms with Gasteiger partial charge < -0.3 is 18.7 Å². The Morgan fingerprint density at radius 2 is 1.52 bits per heavy atom. The van der Waals surface area contributed by atoms with Gasteiger partial charge in [0, 0.05) is 5.92 Å². The van der Waals surface area contributed by atoms with E-state index in [1.807, 2.05) is 0 Å². The summed E-state index contributed by atoms with van der Waals surface area (Å²) in [5.41, 5.74) is 0. The van der Waals surface area contributed by atoms with Crippen LogP contribution >= 0.6 is 0 Å². The third-order valence-electron chi connectivity index (χ3n) is 7.38. The maximum absolute atomic E-state index is 9.83. The number of ether oxygens (including phenoxy) is 1. The highest BCUT2D eigenvalue weighted by Gasteiger charge is 2.44. The maximum Gasteiger partial charge on any atom is 0.192 e. The van der Waals surface area contributed by atoms with E-state index in [1.165, 1.54) is 0 Å². The van der Waals surface area contributed by atoms with Gasteiger partial charge in [-0.05, 0) is 49.1 Å². The predicted octanol–water partition coefficient (Wildman–Crippen LogP) is 6.13. The molecule has 0 aromatic carbocycles. The second kappa shape index (κ2) is 10.1. The van der Waals surface area contributed by atoms with E-state index in [2.05, 4.69) is 86.8 Å². The van der Waals surface area contributed by atoms with Crippen LogP contribution in [-0.4, -0.2) is 53.3 Å². The van der Waals surface area contributed by atoms with Crippen LogP contribution in [0.5, 0.6) is 0 Å². The molecule has 1 N–H and O–H groups in total. The minimum Gasteiger partial charge on any atom is -0.413 e. The fourth-order valence-electron chi connectivity index (χ4n) is 3.00. The molecule has 0 bridgehead atoms. The second-order valence-corrected chi connectivity index (χ2v) is 21.3. The van der Waals surface area contributed by atoms with Gasteiger partial charge in [-0.15, -0.1) is 0 Å². The van der Waals surface area contributed by atoms with Crippen LogP contribution < -0.4 is 0 Å². The molecule has 0 unspecified atom stereocenters. The van der Waals surface area contributed by atoms with Gasteiger partial charge >= 0.3 is 0 Å². The molecule has 0 amide bonds. The molecule has 29 heavy (non-hydrogen) atoms. The van der Waals surface area contributed by atoms with Gasteiger partial charge in [0.1, 0.15) is 0 Å². The molecule has 0 radical (unpaired) electrons. The summed E-state index contributed by atoms with van der Waals surface area (Å²) in [6.07, 6.45) is 6.09. The van der Waals surface area contributed by atoms with Crippen molar-refractivity contribution in [2.45, 2.75) is 116 Å². The Labute approximate surface area is 182 Å². The summed E-state index contributed by atoms with van der Waals surface area (Å²) >= 11 is 0. The van der Waals surface area contributed by atoms with Crippen molar-refractivity contribution in [2.24, 2.45) is 5.92 Å². The zero-order valence-corrected chi connectivity index (χ0v) is 23.0. The van der Waals surface area contributed by atoms with Gasteiger partial charge in [-0.3, -0.25) is 0 Å². The van der Waals surface area contributed by atoms with E-state index in [0.29, 0.717) is 6.61 Å². The molecule has 172 valence electrons. The van der Waals surface area contributed by atoms with Gasteiger partial charge in [0.05, 0.1) is 31.5 Å². The van der Waals surface area contributed by atoms with Gasteiger partial charge in [-0.2, -0.15) is 0 Å². The van der Waals surface area contributed by atoms with Crippen LogP contribution in [0.25, 0.3) is 0 Å². The Hall–Kier alpha value is 0.0138. The molecule has 6 heteroatoms. The molecule has 1 aliphatic rings. The van der Waals surface area contributed by atoms with Gasteiger partial charge in [0.15, 0.2) is 16.6 Å². The van der Waals surface area contributed by atoms with Crippen molar-refractivity contribution in [1.29, 1.82) is 0 Å². The number of rotatable bonds is 8.